The Labute approximate surface area is 251 Å². The molecule has 1 saturated heterocycles. The van der Waals surface area contributed by atoms with E-state index in [1.807, 2.05) is 41.8 Å². The van der Waals surface area contributed by atoms with Gasteiger partial charge in [0.15, 0.2) is 33.2 Å². The number of carbonyl (C=O) groups excluding carboxylic acids is 1. The molecule has 0 saturated carbocycles. The maximum Gasteiger partial charge on any atom is 0.177 e. The molecule has 0 aliphatic carbocycles. The zero-order valence-corrected chi connectivity index (χ0v) is 26.7. The lowest BCUT2D eigenvalue weighted by Gasteiger charge is -2.29. The van der Waals surface area contributed by atoms with Gasteiger partial charge in [-0.1, -0.05) is 65.7 Å². The molecule has 232 valence electrons. The Morgan fingerprint density at radius 1 is 1.00 bits per heavy atom. The van der Waals surface area contributed by atoms with Gasteiger partial charge in [0.25, 0.3) is 0 Å². The van der Waals surface area contributed by atoms with Crippen LogP contribution in [0.5, 0.6) is 5.75 Å². The molecule has 3 aromatic rings. The highest BCUT2D eigenvalue weighted by molar-refractivity contribution is 7.91. The van der Waals surface area contributed by atoms with Crippen LogP contribution in [-0.2, 0) is 20.0 Å². The first kappa shape index (κ1) is 32.0. The van der Waals surface area contributed by atoms with Crippen LogP contribution in [0.2, 0.25) is 0 Å². The average Bonchev–Trinajstić information content (AvgIpc) is 3.52. The van der Waals surface area contributed by atoms with Gasteiger partial charge in [-0.25, -0.2) is 12.9 Å². The molecular weight excluding hydrogens is 550 g/mol. The predicted molar refractivity (Wildman–Crippen MR) is 168 cm³/mol. The van der Waals surface area contributed by atoms with Gasteiger partial charge in [0.05, 0.1) is 11.5 Å². The Morgan fingerprint density at radius 3 is 2.31 bits per heavy atom. The number of sulfone groups is 1. The third-order valence-corrected chi connectivity index (χ3v) is 10.0. The number of benzene rings is 1. The number of hydrogen-bond donors (Lipinski definition) is 1. The summed E-state index contributed by atoms with van der Waals surface area (Å²) in [6.45, 7) is 9.43. The van der Waals surface area contributed by atoms with Gasteiger partial charge in [0.1, 0.15) is 5.75 Å². The van der Waals surface area contributed by atoms with Crippen LogP contribution in [0.15, 0.2) is 30.3 Å². The molecule has 10 heteroatoms. The van der Waals surface area contributed by atoms with Crippen LogP contribution in [0.1, 0.15) is 103 Å². The van der Waals surface area contributed by atoms with E-state index in [1.54, 1.807) is 0 Å². The van der Waals surface area contributed by atoms with E-state index in [1.165, 1.54) is 38.5 Å². The molecule has 1 atom stereocenters. The number of anilines is 1. The van der Waals surface area contributed by atoms with Gasteiger partial charge in [-0.2, -0.15) is 0 Å². The van der Waals surface area contributed by atoms with Crippen LogP contribution >= 0.6 is 0 Å². The van der Waals surface area contributed by atoms with Crippen molar-refractivity contribution in [1.29, 1.82) is 0 Å². The molecule has 4 rings (SSSR count). The summed E-state index contributed by atoms with van der Waals surface area (Å²) < 4.78 is 31.9. The highest BCUT2D eigenvalue weighted by Gasteiger charge is 2.30. The van der Waals surface area contributed by atoms with Gasteiger partial charge >= 0.3 is 0 Å². The highest BCUT2D eigenvalue weighted by Crippen LogP contribution is 2.29. The van der Waals surface area contributed by atoms with Crippen LogP contribution in [-0.4, -0.2) is 64.7 Å². The standard InChI is InChI=1S/C32H49N5O4S/c1-5-6-7-8-9-10-11-12-13-29(41-27-16-14-26(15-17-27)36-20-22-42(39,40)23-21-36)28(38)18-19-32(3,4)31-34-33-30-24-25(2)35-37(30)31/h14-17,24,29,35H,5-13,18-23H2,1-4H3. The summed E-state index contributed by atoms with van der Waals surface area (Å²) in [6, 6.07) is 9.68. The van der Waals surface area contributed by atoms with E-state index in [2.05, 4.69) is 41.0 Å². The van der Waals surface area contributed by atoms with Gasteiger partial charge in [-0.05, 0) is 50.5 Å². The number of ether oxygens (including phenoxy) is 1. The Morgan fingerprint density at radius 2 is 1.64 bits per heavy atom. The molecule has 2 aromatic heterocycles. The molecule has 1 aliphatic heterocycles. The van der Waals surface area contributed by atoms with Crippen LogP contribution in [0, 0.1) is 6.92 Å². The van der Waals surface area contributed by atoms with Crippen molar-refractivity contribution in [2.24, 2.45) is 0 Å². The van der Waals surface area contributed by atoms with Crippen molar-refractivity contribution in [1.82, 2.24) is 19.8 Å². The lowest BCUT2D eigenvalue weighted by molar-refractivity contribution is -0.126. The number of rotatable bonds is 17. The number of aryl methyl sites for hydroxylation is 1. The predicted octanol–water partition coefficient (Wildman–Crippen LogP) is 6.21. The fraction of sp³-hybridized carbons (Fsp3) is 0.656. The summed E-state index contributed by atoms with van der Waals surface area (Å²) in [6.07, 6.45) is 10.9. The Kier molecular flexibility index (Phi) is 11.1. The number of carbonyl (C=O) groups is 1. The van der Waals surface area contributed by atoms with Crippen molar-refractivity contribution >= 4 is 27.0 Å². The lowest BCUT2D eigenvalue weighted by atomic mass is 9.85. The second-order valence-electron chi connectivity index (χ2n) is 12.5. The Balaban J connectivity index is 1.36. The van der Waals surface area contributed by atoms with Crippen LogP contribution in [0.3, 0.4) is 0 Å². The molecule has 1 fully saturated rings. The first-order chi connectivity index (χ1) is 20.1. The van der Waals surface area contributed by atoms with Crippen molar-refractivity contribution < 1.29 is 17.9 Å². The number of hydrogen-bond acceptors (Lipinski definition) is 7. The number of H-pyrrole nitrogens is 1. The largest absolute Gasteiger partial charge is 0.483 e. The normalized spacial score (nSPS) is 16.1. The topological polar surface area (TPSA) is 110 Å². The van der Waals surface area contributed by atoms with Crippen LogP contribution < -0.4 is 9.64 Å². The molecule has 1 N–H and O–H groups in total. The van der Waals surface area contributed by atoms with Crippen LogP contribution in [0.25, 0.3) is 5.65 Å². The van der Waals surface area contributed by atoms with Crippen molar-refractivity contribution in [3.63, 3.8) is 0 Å². The SMILES string of the molecule is CCCCCCCCCCC(Oc1ccc(N2CCS(=O)(=O)CC2)cc1)C(=O)CCC(C)(C)c1nnc2cc(C)[nH]n12. The number of fused-ring (bicyclic) bond motifs is 1. The second-order valence-corrected chi connectivity index (χ2v) is 14.8. The van der Waals surface area contributed by atoms with Gasteiger partial charge in [0.2, 0.25) is 0 Å². The number of nitrogens with zero attached hydrogens (tertiary/aromatic N) is 4. The number of nitrogens with one attached hydrogen (secondary N) is 1. The number of aromatic amines is 1. The summed E-state index contributed by atoms with van der Waals surface area (Å²) in [7, 11) is -2.93. The fourth-order valence-corrected chi connectivity index (χ4v) is 6.87. The lowest BCUT2D eigenvalue weighted by Crippen LogP contribution is -2.40. The van der Waals surface area contributed by atoms with Crippen molar-refractivity contribution in [3.8, 4) is 5.75 Å². The van der Waals surface area contributed by atoms with E-state index >= 15 is 0 Å². The summed E-state index contributed by atoms with van der Waals surface area (Å²) in [5.41, 5.74) is 2.43. The summed E-state index contributed by atoms with van der Waals surface area (Å²) in [5, 5.41) is 12.0. The number of Topliss-reactive ketones (excluding diaryl/α,β-unsaturated/α-hetero) is 1. The smallest absolute Gasteiger partial charge is 0.177 e. The molecule has 1 aliphatic rings. The maximum absolute atomic E-state index is 13.6. The van der Waals surface area contributed by atoms with Gasteiger partial charge in [0, 0.05) is 42.4 Å². The Hall–Kier alpha value is -2.88. The fourth-order valence-electron chi connectivity index (χ4n) is 5.67. The number of ketones is 1. The average molecular weight is 600 g/mol. The minimum absolute atomic E-state index is 0.111. The number of unbranched alkanes of at least 4 members (excludes halogenated alkanes) is 7. The van der Waals surface area contributed by atoms with Gasteiger partial charge < -0.3 is 9.64 Å². The van der Waals surface area contributed by atoms with E-state index in [0.717, 1.165) is 35.7 Å². The molecule has 1 aromatic carbocycles. The molecule has 42 heavy (non-hydrogen) atoms. The minimum Gasteiger partial charge on any atom is -0.483 e. The third-order valence-electron chi connectivity index (χ3n) is 8.43. The molecule has 0 radical (unpaired) electrons. The zero-order valence-electron chi connectivity index (χ0n) is 25.9. The summed E-state index contributed by atoms with van der Waals surface area (Å²) in [5.74, 6) is 1.96. The van der Waals surface area contributed by atoms with Crippen LogP contribution in [0.4, 0.5) is 5.69 Å². The molecule has 3 heterocycles. The first-order valence-electron chi connectivity index (χ1n) is 15.7. The zero-order chi connectivity index (χ0) is 30.2. The molecule has 0 amide bonds. The van der Waals surface area contributed by atoms with Crippen molar-refractivity contribution in [2.75, 3.05) is 29.5 Å². The molecule has 1 unspecified atom stereocenters. The molecule has 0 bridgehead atoms. The summed E-state index contributed by atoms with van der Waals surface area (Å²) in [4.78, 5) is 15.7. The van der Waals surface area contributed by atoms with Gasteiger partial charge in [-0.15, -0.1) is 10.2 Å². The van der Waals surface area contributed by atoms with E-state index in [0.29, 0.717) is 38.1 Å². The summed E-state index contributed by atoms with van der Waals surface area (Å²) >= 11 is 0. The highest BCUT2D eigenvalue weighted by atomic mass is 32.2. The van der Waals surface area contributed by atoms with Crippen molar-refractivity contribution in [3.05, 3.63) is 41.9 Å². The maximum atomic E-state index is 13.6. The Bertz CT molecular complexity index is 1380. The molecular formula is C32H49N5O4S. The minimum atomic E-state index is -2.93. The quantitative estimate of drug-likeness (QED) is 0.184. The molecule has 9 nitrogen and oxygen atoms in total. The first-order valence-corrected chi connectivity index (χ1v) is 17.6. The van der Waals surface area contributed by atoms with Gasteiger partial charge in [-0.3, -0.25) is 9.89 Å². The monoisotopic (exact) mass is 599 g/mol. The van der Waals surface area contributed by atoms with Crippen molar-refractivity contribution in [2.45, 2.75) is 110 Å². The number of aromatic nitrogens is 4. The van der Waals surface area contributed by atoms with E-state index in [4.69, 9.17) is 4.74 Å². The molecule has 0 spiro atoms. The van der Waals surface area contributed by atoms with E-state index < -0.39 is 15.9 Å². The van der Waals surface area contributed by atoms with E-state index in [-0.39, 0.29) is 22.7 Å². The van der Waals surface area contributed by atoms with E-state index in [9.17, 15) is 13.2 Å². The third kappa shape index (κ3) is 8.82. The second kappa shape index (κ2) is 14.5.